The summed E-state index contributed by atoms with van der Waals surface area (Å²) < 4.78 is 11.8. The van der Waals surface area contributed by atoms with Crippen LogP contribution in [-0.2, 0) is 6.42 Å². The lowest BCUT2D eigenvalue weighted by atomic mass is 10.0. The number of hydrogen-bond acceptors (Lipinski definition) is 3. The van der Waals surface area contributed by atoms with E-state index in [0.29, 0.717) is 6.79 Å². The number of benzene rings is 1. The van der Waals surface area contributed by atoms with Crippen LogP contribution in [0.1, 0.15) is 24.0 Å². The summed E-state index contributed by atoms with van der Waals surface area (Å²) in [4.78, 5) is 0. The van der Waals surface area contributed by atoms with Gasteiger partial charge in [-0.2, -0.15) is 0 Å². The zero-order valence-corrected chi connectivity index (χ0v) is 11.0. The Bertz CT molecular complexity index is 393. The minimum atomic E-state index is 0.319. The molecule has 0 radical (unpaired) electrons. The van der Waals surface area contributed by atoms with E-state index >= 15 is 0 Å². The van der Waals surface area contributed by atoms with Crippen molar-refractivity contribution in [1.82, 2.24) is 0 Å². The van der Waals surface area contributed by atoms with Gasteiger partial charge in [0, 0.05) is 0 Å². The highest BCUT2D eigenvalue weighted by atomic mass is 79.9. The fraction of sp³-hybridized carbons (Fsp3) is 0.500. The van der Waals surface area contributed by atoms with Crippen molar-refractivity contribution in [1.29, 1.82) is 0 Å². The van der Waals surface area contributed by atoms with E-state index in [1.807, 2.05) is 0 Å². The first-order valence-electron chi connectivity index (χ1n) is 5.51. The molecule has 1 aromatic rings. The Morgan fingerprint density at radius 1 is 1.38 bits per heavy atom. The summed E-state index contributed by atoms with van der Waals surface area (Å²) in [6.45, 7) is 3.17. The van der Waals surface area contributed by atoms with E-state index in [-0.39, 0.29) is 0 Å². The monoisotopic (exact) mass is 285 g/mol. The zero-order chi connectivity index (χ0) is 11.5. The molecule has 0 saturated heterocycles. The van der Waals surface area contributed by atoms with E-state index in [1.54, 1.807) is 0 Å². The fourth-order valence-electron chi connectivity index (χ4n) is 1.86. The molecule has 0 aliphatic carbocycles. The first kappa shape index (κ1) is 11.7. The summed E-state index contributed by atoms with van der Waals surface area (Å²) in [6.07, 6.45) is 3.22. The van der Waals surface area contributed by atoms with E-state index in [4.69, 9.17) is 15.2 Å². The summed E-state index contributed by atoms with van der Waals surface area (Å²) in [6, 6.07) is 2.08. The van der Waals surface area contributed by atoms with E-state index in [2.05, 4.69) is 28.9 Å². The Balaban J connectivity index is 2.22. The minimum Gasteiger partial charge on any atom is -0.454 e. The molecule has 1 aliphatic rings. The lowest BCUT2D eigenvalue weighted by molar-refractivity contribution is 0.173. The van der Waals surface area contributed by atoms with Crippen LogP contribution in [0.4, 0.5) is 0 Å². The molecular formula is C12H16BrNO2. The topological polar surface area (TPSA) is 44.5 Å². The number of ether oxygens (including phenoxy) is 2. The average molecular weight is 286 g/mol. The van der Waals surface area contributed by atoms with Gasteiger partial charge < -0.3 is 15.2 Å². The molecule has 0 atom stereocenters. The SMILES string of the molecule is Cc1c(CCCCN)cc2c(c1Br)OCO2. The number of aryl methyl sites for hydroxylation is 1. The predicted octanol–water partition coefficient (Wildman–Crippen LogP) is 2.77. The Morgan fingerprint density at radius 3 is 2.94 bits per heavy atom. The smallest absolute Gasteiger partial charge is 0.231 e. The van der Waals surface area contributed by atoms with E-state index in [9.17, 15) is 0 Å². The minimum absolute atomic E-state index is 0.319. The van der Waals surface area contributed by atoms with Crippen molar-refractivity contribution >= 4 is 15.9 Å². The third-order valence-corrected chi connectivity index (χ3v) is 3.81. The summed E-state index contributed by atoms with van der Waals surface area (Å²) in [5, 5.41) is 0. The second-order valence-electron chi connectivity index (χ2n) is 3.95. The van der Waals surface area contributed by atoms with Gasteiger partial charge in [-0.25, -0.2) is 0 Å². The third-order valence-electron chi connectivity index (χ3n) is 2.86. The van der Waals surface area contributed by atoms with Crippen molar-refractivity contribution in [3.8, 4) is 11.5 Å². The quantitative estimate of drug-likeness (QED) is 0.866. The van der Waals surface area contributed by atoms with Crippen molar-refractivity contribution in [2.24, 2.45) is 5.73 Å². The van der Waals surface area contributed by atoms with Crippen molar-refractivity contribution < 1.29 is 9.47 Å². The summed E-state index contributed by atoms with van der Waals surface area (Å²) in [7, 11) is 0. The molecule has 1 aromatic carbocycles. The van der Waals surface area contributed by atoms with E-state index in [0.717, 1.165) is 41.8 Å². The molecule has 0 fully saturated rings. The summed E-state index contributed by atoms with van der Waals surface area (Å²) in [5.41, 5.74) is 8.04. The van der Waals surface area contributed by atoms with Crippen molar-refractivity contribution in [2.45, 2.75) is 26.2 Å². The molecule has 2 N–H and O–H groups in total. The van der Waals surface area contributed by atoms with Crippen LogP contribution in [0.3, 0.4) is 0 Å². The second kappa shape index (κ2) is 5.06. The highest BCUT2D eigenvalue weighted by molar-refractivity contribution is 9.10. The van der Waals surface area contributed by atoms with Crippen LogP contribution in [0.25, 0.3) is 0 Å². The normalized spacial score (nSPS) is 13.2. The van der Waals surface area contributed by atoms with Crippen LogP contribution < -0.4 is 15.2 Å². The molecular weight excluding hydrogens is 270 g/mol. The first-order chi connectivity index (χ1) is 7.74. The molecule has 3 nitrogen and oxygen atoms in total. The lowest BCUT2D eigenvalue weighted by Gasteiger charge is -2.10. The van der Waals surface area contributed by atoms with Crippen LogP contribution in [0.15, 0.2) is 10.5 Å². The van der Waals surface area contributed by atoms with Crippen LogP contribution in [-0.4, -0.2) is 13.3 Å². The van der Waals surface area contributed by atoms with E-state index < -0.39 is 0 Å². The maximum atomic E-state index is 5.50. The fourth-order valence-corrected chi connectivity index (χ4v) is 2.43. The molecule has 88 valence electrons. The number of fused-ring (bicyclic) bond motifs is 1. The van der Waals surface area contributed by atoms with Crippen LogP contribution in [0, 0.1) is 6.92 Å². The van der Waals surface area contributed by atoms with Gasteiger partial charge in [0.15, 0.2) is 11.5 Å². The van der Waals surface area contributed by atoms with Gasteiger partial charge in [0.05, 0.1) is 4.47 Å². The Morgan fingerprint density at radius 2 is 2.19 bits per heavy atom. The first-order valence-corrected chi connectivity index (χ1v) is 6.31. The average Bonchev–Trinajstić information content (AvgIpc) is 2.73. The number of unbranched alkanes of at least 4 members (excludes halogenated alkanes) is 1. The molecule has 0 unspecified atom stereocenters. The molecule has 1 aliphatic heterocycles. The standard InChI is InChI=1S/C12H16BrNO2/c1-8-9(4-2-3-5-14)6-10-12(11(8)13)16-7-15-10/h6H,2-5,7,14H2,1H3. The molecule has 0 saturated carbocycles. The van der Waals surface area contributed by atoms with Crippen molar-refractivity contribution in [2.75, 3.05) is 13.3 Å². The Hall–Kier alpha value is -0.740. The molecule has 0 aromatic heterocycles. The number of nitrogens with two attached hydrogens (primary N) is 1. The van der Waals surface area contributed by atoms with Crippen molar-refractivity contribution in [3.63, 3.8) is 0 Å². The number of rotatable bonds is 4. The van der Waals surface area contributed by atoms with E-state index in [1.165, 1.54) is 11.1 Å². The lowest BCUT2D eigenvalue weighted by Crippen LogP contribution is -2.00. The zero-order valence-electron chi connectivity index (χ0n) is 9.38. The van der Waals surface area contributed by atoms with Crippen LogP contribution in [0.2, 0.25) is 0 Å². The van der Waals surface area contributed by atoms with Crippen LogP contribution in [0.5, 0.6) is 11.5 Å². The van der Waals surface area contributed by atoms with Gasteiger partial charge in [0.2, 0.25) is 6.79 Å². The second-order valence-corrected chi connectivity index (χ2v) is 4.75. The molecule has 0 spiro atoms. The highest BCUT2D eigenvalue weighted by Crippen LogP contribution is 2.42. The molecule has 2 rings (SSSR count). The van der Waals surface area contributed by atoms with Gasteiger partial charge >= 0.3 is 0 Å². The molecule has 0 bridgehead atoms. The van der Waals surface area contributed by atoms with Crippen LogP contribution >= 0.6 is 15.9 Å². The number of halogens is 1. The number of hydrogen-bond donors (Lipinski definition) is 1. The Labute approximate surface area is 104 Å². The van der Waals surface area contributed by atoms with Gasteiger partial charge in [0.1, 0.15) is 0 Å². The predicted molar refractivity (Wildman–Crippen MR) is 67.0 cm³/mol. The van der Waals surface area contributed by atoms with Gasteiger partial charge in [-0.15, -0.1) is 0 Å². The summed E-state index contributed by atoms with van der Waals surface area (Å²) in [5.74, 6) is 1.68. The largest absolute Gasteiger partial charge is 0.454 e. The van der Waals surface area contributed by atoms with Crippen molar-refractivity contribution in [3.05, 3.63) is 21.7 Å². The van der Waals surface area contributed by atoms with Gasteiger partial charge in [0.25, 0.3) is 0 Å². The van der Waals surface area contributed by atoms with Gasteiger partial charge in [-0.05, 0) is 65.9 Å². The third kappa shape index (κ3) is 2.18. The van der Waals surface area contributed by atoms with Gasteiger partial charge in [-0.1, -0.05) is 0 Å². The highest BCUT2D eigenvalue weighted by Gasteiger charge is 2.20. The molecule has 4 heteroatoms. The molecule has 0 amide bonds. The molecule has 16 heavy (non-hydrogen) atoms. The Kier molecular flexibility index (Phi) is 3.71. The summed E-state index contributed by atoms with van der Waals surface area (Å²) >= 11 is 3.56. The van der Waals surface area contributed by atoms with Gasteiger partial charge in [-0.3, -0.25) is 0 Å². The molecule has 1 heterocycles. The maximum absolute atomic E-state index is 5.50. The maximum Gasteiger partial charge on any atom is 0.231 e.